The van der Waals surface area contributed by atoms with Crippen LogP contribution >= 0.6 is 0 Å². The highest BCUT2D eigenvalue weighted by Crippen LogP contribution is 2.35. The number of amides is 1. The van der Waals surface area contributed by atoms with E-state index in [0.717, 1.165) is 11.1 Å². The molecule has 1 fully saturated rings. The highest BCUT2D eigenvalue weighted by molar-refractivity contribution is 5.87. The van der Waals surface area contributed by atoms with Gasteiger partial charge in [-0.3, -0.25) is 4.79 Å². The molecule has 0 aliphatic carbocycles. The van der Waals surface area contributed by atoms with E-state index in [9.17, 15) is 14.7 Å². The smallest absolute Gasteiger partial charge is 0.331 e. The second-order valence-corrected chi connectivity index (χ2v) is 6.70. The average Bonchev–Trinajstić information content (AvgIpc) is 3.02. The molecular weight excluding hydrogens is 294 g/mol. The van der Waals surface area contributed by atoms with E-state index in [4.69, 9.17) is 4.74 Å². The van der Waals surface area contributed by atoms with Crippen molar-refractivity contribution in [3.05, 3.63) is 35.4 Å². The maximum absolute atomic E-state index is 13.0. The third-order valence-corrected chi connectivity index (χ3v) is 4.91. The van der Waals surface area contributed by atoms with E-state index in [1.54, 1.807) is 4.90 Å². The second kappa shape index (κ2) is 6.32. The van der Waals surface area contributed by atoms with Crippen molar-refractivity contribution >= 4 is 11.9 Å². The Labute approximate surface area is 136 Å². The number of carboxylic acid groups (broad SMARTS) is 1. The maximum atomic E-state index is 13.0. The molecule has 0 spiro atoms. The Bertz CT molecular complexity index is 613. The quantitative estimate of drug-likeness (QED) is 0.928. The molecule has 5 heteroatoms. The summed E-state index contributed by atoms with van der Waals surface area (Å²) < 4.78 is 5.71. The van der Waals surface area contributed by atoms with Crippen molar-refractivity contribution < 1.29 is 19.4 Å². The molecule has 1 aromatic rings. The van der Waals surface area contributed by atoms with Gasteiger partial charge in [0.15, 0.2) is 6.04 Å². The van der Waals surface area contributed by atoms with E-state index >= 15 is 0 Å². The first-order valence-corrected chi connectivity index (χ1v) is 8.23. The van der Waals surface area contributed by atoms with Crippen LogP contribution in [0.2, 0.25) is 0 Å². The highest BCUT2D eigenvalue weighted by Gasteiger charge is 2.43. The predicted octanol–water partition coefficient (Wildman–Crippen LogP) is 2.26. The molecule has 3 atom stereocenters. The molecule has 2 heterocycles. The number of rotatable bonds is 3. The van der Waals surface area contributed by atoms with Crippen LogP contribution in [0.15, 0.2) is 24.3 Å². The zero-order chi connectivity index (χ0) is 16.6. The van der Waals surface area contributed by atoms with Gasteiger partial charge in [0.2, 0.25) is 5.91 Å². The molecule has 5 nitrogen and oxygen atoms in total. The molecule has 1 aromatic carbocycles. The van der Waals surface area contributed by atoms with Gasteiger partial charge >= 0.3 is 5.97 Å². The van der Waals surface area contributed by atoms with Gasteiger partial charge in [-0.25, -0.2) is 4.79 Å². The Morgan fingerprint density at radius 2 is 2.04 bits per heavy atom. The van der Waals surface area contributed by atoms with Crippen LogP contribution in [0, 0.1) is 11.8 Å². The fraction of sp³-hybridized carbons (Fsp3) is 0.556. The molecule has 1 N–H and O–H groups in total. The maximum Gasteiger partial charge on any atom is 0.331 e. The van der Waals surface area contributed by atoms with Gasteiger partial charge in [-0.1, -0.05) is 38.1 Å². The minimum atomic E-state index is -0.967. The van der Waals surface area contributed by atoms with Crippen LogP contribution in [0.5, 0.6) is 0 Å². The number of nitrogens with zero attached hydrogens (tertiary/aromatic N) is 1. The van der Waals surface area contributed by atoms with Crippen molar-refractivity contribution in [3.8, 4) is 0 Å². The van der Waals surface area contributed by atoms with Crippen LogP contribution < -0.4 is 0 Å². The largest absolute Gasteiger partial charge is 0.479 e. The van der Waals surface area contributed by atoms with E-state index in [0.29, 0.717) is 26.0 Å². The summed E-state index contributed by atoms with van der Waals surface area (Å²) in [4.78, 5) is 26.4. The van der Waals surface area contributed by atoms with E-state index in [1.807, 2.05) is 38.1 Å². The van der Waals surface area contributed by atoms with Gasteiger partial charge in [0.1, 0.15) is 0 Å². The van der Waals surface area contributed by atoms with Crippen LogP contribution in [0.25, 0.3) is 0 Å². The lowest BCUT2D eigenvalue weighted by Gasteiger charge is -2.37. The molecule has 23 heavy (non-hydrogen) atoms. The zero-order valence-electron chi connectivity index (χ0n) is 13.6. The van der Waals surface area contributed by atoms with Crippen molar-refractivity contribution in [2.45, 2.75) is 38.8 Å². The predicted molar refractivity (Wildman–Crippen MR) is 84.9 cm³/mol. The number of hydrogen-bond acceptors (Lipinski definition) is 3. The minimum absolute atomic E-state index is 0.0805. The normalized spacial score (nSPS) is 27.1. The number of aliphatic carboxylic acids is 1. The molecule has 2 aliphatic heterocycles. The molecule has 124 valence electrons. The molecule has 0 bridgehead atoms. The van der Waals surface area contributed by atoms with Gasteiger partial charge in [-0.05, 0) is 29.9 Å². The number of hydrogen-bond donors (Lipinski definition) is 1. The molecule has 0 saturated carbocycles. The third kappa shape index (κ3) is 2.85. The Hall–Kier alpha value is -1.88. The summed E-state index contributed by atoms with van der Waals surface area (Å²) in [6.45, 7) is 5.10. The second-order valence-electron chi connectivity index (χ2n) is 6.70. The molecule has 1 amide bonds. The SMILES string of the molecule is CC(C)C1OCCC1C(=O)N1CCc2ccccc2C1C(=O)O. The monoisotopic (exact) mass is 317 g/mol. The van der Waals surface area contributed by atoms with Crippen molar-refractivity contribution in [1.82, 2.24) is 4.90 Å². The van der Waals surface area contributed by atoms with Gasteiger partial charge < -0.3 is 14.7 Å². The van der Waals surface area contributed by atoms with Crippen molar-refractivity contribution in [3.63, 3.8) is 0 Å². The van der Waals surface area contributed by atoms with E-state index in [2.05, 4.69) is 0 Å². The number of ether oxygens (including phenoxy) is 1. The molecular formula is C18H23NO4. The lowest BCUT2D eigenvalue weighted by atomic mass is 9.88. The number of benzene rings is 1. The molecule has 3 rings (SSSR count). The summed E-state index contributed by atoms with van der Waals surface area (Å²) in [5.74, 6) is -1.04. The van der Waals surface area contributed by atoms with Gasteiger partial charge in [-0.15, -0.1) is 0 Å². The number of carbonyl (C=O) groups is 2. The highest BCUT2D eigenvalue weighted by atomic mass is 16.5. The van der Waals surface area contributed by atoms with Crippen LogP contribution in [-0.2, 0) is 20.7 Å². The van der Waals surface area contributed by atoms with E-state index in [-0.39, 0.29) is 23.8 Å². The average molecular weight is 317 g/mol. The van der Waals surface area contributed by atoms with Gasteiger partial charge in [0, 0.05) is 13.2 Å². The lowest BCUT2D eigenvalue weighted by molar-refractivity contribution is -0.154. The first-order valence-electron chi connectivity index (χ1n) is 8.23. The fourth-order valence-corrected chi connectivity index (χ4v) is 3.82. The minimum Gasteiger partial charge on any atom is -0.479 e. The standard InChI is InChI=1S/C18H23NO4/c1-11(2)16-14(8-10-23-16)17(20)19-9-7-12-5-3-4-6-13(12)15(19)18(21)22/h3-6,11,14-16H,7-10H2,1-2H3,(H,21,22). The van der Waals surface area contributed by atoms with Crippen LogP contribution in [-0.4, -0.2) is 41.1 Å². The summed E-state index contributed by atoms with van der Waals surface area (Å²) in [7, 11) is 0. The van der Waals surface area contributed by atoms with E-state index < -0.39 is 12.0 Å². The summed E-state index contributed by atoms with van der Waals surface area (Å²) >= 11 is 0. The Kier molecular flexibility index (Phi) is 4.39. The third-order valence-electron chi connectivity index (χ3n) is 4.91. The number of fused-ring (bicyclic) bond motifs is 1. The summed E-state index contributed by atoms with van der Waals surface area (Å²) in [6, 6.07) is 6.62. The lowest BCUT2D eigenvalue weighted by Crippen LogP contribution is -2.48. The van der Waals surface area contributed by atoms with Gasteiger partial charge in [0.05, 0.1) is 12.0 Å². The van der Waals surface area contributed by atoms with Crippen LogP contribution in [0.1, 0.15) is 37.4 Å². The summed E-state index contributed by atoms with van der Waals surface area (Å²) in [5, 5.41) is 9.70. The number of carboxylic acids is 1. The summed E-state index contributed by atoms with van der Waals surface area (Å²) in [6.07, 6.45) is 1.26. The number of carbonyl (C=O) groups excluding carboxylic acids is 1. The van der Waals surface area contributed by atoms with Crippen molar-refractivity contribution in [2.75, 3.05) is 13.2 Å². The van der Waals surface area contributed by atoms with Crippen LogP contribution in [0.3, 0.4) is 0 Å². The van der Waals surface area contributed by atoms with Crippen LogP contribution in [0.4, 0.5) is 0 Å². The molecule has 1 saturated heterocycles. The van der Waals surface area contributed by atoms with E-state index in [1.165, 1.54) is 0 Å². The van der Waals surface area contributed by atoms with Crippen molar-refractivity contribution in [2.24, 2.45) is 11.8 Å². The molecule has 0 aromatic heterocycles. The van der Waals surface area contributed by atoms with Crippen molar-refractivity contribution in [1.29, 1.82) is 0 Å². The molecule has 3 unspecified atom stereocenters. The zero-order valence-corrected chi connectivity index (χ0v) is 13.6. The van der Waals surface area contributed by atoms with Gasteiger partial charge in [-0.2, -0.15) is 0 Å². The molecule has 2 aliphatic rings. The first-order chi connectivity index (χ1) is 11.0. The topological polar surface area (TPSA) is 66.8 Å². The fourth-order valence-electron chi connectivity index (χ4n) is 3.82. The Morgan fingerprint density at radius 1 is 1.30 bits per heavy atom. The van der Waals surface area contributed by atoms with Gasteiger partial charge in [0.25, 0.3) is 0 Å². The molecule has 0 radical (unpaired) electrons. The summed E-state index contributed by atoms with van der Waals surface area (Å²) in [5.41, 5.74) is 1.76. The Morgan fingerprint density at radius 3 is 2.74 bits per heavy atom. The first kappa shape index (κ1) is 16.0. The Balaban J connectivity index is 1.90.